The van der Waals surface area contributed by atoms with Crippen molar-refractivity contribution in [3.63, 3.8) is 0 Å². The van der Waals surface area contributed by atoms with Gasteiger partial charge in [-0.05, 0) is 42.0 Å². The number of amides is 1. The summed E-state index contributed by atoms with van der Waals surface area (Å²) in [7, 11) is 1.77. The van der Waals surface area contributed by atoms with Crippen molar-refractivity contribution in [2.45, 2.75) is 13.0 Å². The third kappa shape index (κ3) is 3.51. The Labute approximate surface area is 158 Å². The second-order valence-corrected chi connectivity index (χ2v) is 6.66. The van der Waals surface area contributed by atoms with Crippen LogP contribution in [-0.2, 0) is 4.79 Å². The minimum atomic E-state index is -0.176. The fourth-order valence-corrected chi connectivity index (χ4v) is 3.12. The van der Waals surface area contributed by atoms with Crippen molar-refractivity contribution < 1.29 is 13.9 Å². The van der Waals surface area contributed by atoms with Crippen LogP contribution in [0.15, 0.2) is 77.2 Å². The Bertz CT molecular complexity index is 1070. The number of hydrogen-bond acceptors (Lipinski definition) is 3. The molecule has 0 saturated heterocycles. The Morgan fingerprint density at radius 2 is 1.67 bits per heavy atom. The lowest BCUT2D eigenvalue weighted by atomic mass is 10.1. The Morgan fingerprint density at radius 3 is 2.44 bits per heavy atom. The first-order valence-electron chi connectivity index (χ1n) is 8.97. The van der Waals surface area contributed by atoms with Crippen LogP contribution < -0.4 is 4.74 Å². The molecule has 1 atom stereocenters. The van der Waals surface area contributed by atoms with Gasteiger partial charge in [0.15, 0.2) is 6.61 Å². The molecule has 0 fully saturated rings. The fourth-order valence-electron chi connectivity index (χ4n) is 3.12. The highest BCUT2D eigenvalue weighted by Crippen LogP contribution is 2.27. The van der Waals surface area contributed by atoms with Crippen molar-refractivity contribution in [2.75, 3.05) is 13.7 Å². The van der Waals surface area contributed by atoms with Gasteiger partial charge in [-0.25, -0.2) is 0 Å². The van der Waals surface area contributed by atoms with Crippen LogP contribution in [-0.4, -0.2) is 24.5 Å². The van der Waals surface area contributed by atoms with Crippen LogP contribution >= 0.6 is 0 Å². The predicted molar refractivity (Wildman–Crippen MR) is 107 cm³/mol. The second-order valence-electron chi connectivity index (χ2n) is 6.66. The van der Waals surface area contributed by atoms with E-state index in [1.165, 1.54) is 0 Å². The van der Waals surface area contributed by atoms with Crippen LogP contribution in [0.5, 0.6) is 5.75 Å². The summed E-state index contributed by atoms with van der Waals surface area (Å²) in [6.45, 7) is 1.94. The number of fused-ring (bicyclic) bond motifs is 2. The number of benzene rings is 3. The predicted octanol–water partition coefficient (Wildman–Crippen LogP) is 5.18. The summed E-state index contributed by atoms with van der Waals surface area (Å²) in [5.41, 5.74) is 0.826. The van der Waals surface area contributed by atoms with Crippen LogP contribution in [0.3, 0.4) is 0 Å². The molecule has 4 aromatic rings. The highest BCUT2D eigenvalue weighted by Gasteiger charge is 2.21. The molecular formula is C23H21NO3. The van der Waals surface area contributed by atoms with Gasteiger partial charge in [-0.15, -0.1) is 0 Å². The molecule has 0 aliphatic rings. The molecule has 0 saturated carbocycles. The number of likely N-dealkylation sites (N-methyl/N-ethyl adjacent to an activating group) is 1. The van der Waals surface area contributed by atoms with E-state index in [1.807, 2.05) is 79.7 Å². The average Bonchev–Trinajstić information content (AvgIpc) is 3.15. The molecule has 4 nitrogen and oxygen atoms in total. The highest BCUT2D eigenvalue weighted by atomic mass is 16.5. The SMILES string of the molecule is CC(c1cc2ccccc2o1)N(C)C(=O)COc1ccc2ccccc2c1. The van der Waals surface area contributed by atoms with Crippen molar-refractivity contribution in [3.05, 3.63) is 78.6 Å². The molecule has 1 aromatic heterocycles. The Kier molecular flexibility index (Phi) is 4.55. The van der Waals surface area contributed by atoms with E-state index in [9.17, 15) is 4.79 Å². The van der Waals surface area contributed by atoms with E-state index in [-0.39, 0.29) is 18.6 Å². The number of hydrogen-bond donors (Lipinski definition) is 0. The maximum Gasteiger partial charge on any atom is 0.260 e. The highest BCUT2D eigenvalue weighted by molar-refractivity contribution is 5.84. The summed E-state index contributed by atoms with van der Waals surface area (Å²) >= 11 is 0. The lowest BCUT2D eigenvalue weighted by Gasteiger charge is -2.23. The van der Waals surface area contributed by atoms with Gasteiger partial charge in [0.2, 0.25) is 0 Å². The van der Waals surface area contributed by atoms with E-state index in [1.54, 1.807) is 11.9 Å². The molecule has 27 heavy (non-hydrogen) atoms. The molecule has 0 N–H and O–H groups in total. The van der Waals surface area contributed by atoms with Gasteiger partial charge in [-0.1, -0.05) is 48.5 Å². The van der Waals surface area contributed by atoms with E-state index in [2.05, 4.69) is 0 Å². The van der Waals surface area contributed by atoms with Crippen molar-refractivity contribution in [1.82, 2.24) is 4.90 Å². The smallest absolute Gasteiger partial charge is 0.260 e. The van der Waals surface area contributed by atoms with E-state index in [4.69, 9.17) is 9.15 Å². The third-order valence-electron chi connectivity index (χ3n) is 4.91. The van der Waals surface area contributed by atoms with Crippen molar-refractivity contribution in [1.29, 1.82) is 0 Å². The summed E-state index contributed by atoms with van der Waals surface area (Å²) in [6, 6.07) is 23.5. The zero-order valence-electron chi connectivity index (χ0n) is 15.4. The standard InChI is InChI=1S/C23H21NO3/c1-16(22-14-19-9-5-6-10-21(19)27-22)24(2)23(25)15-26-20-12-11-17-7-3-4-8-18(17)13-20/h3-14,16H,15H2,1-2H3. The van der Waals surface area contributed by atoms with Crippen LogP contribution in [0.1, 0.15) is 18.7 Å². The number of para-hydroxylation sites is 1. The normalized spacial score (nSPS) is 12.2. The van der Waals surface area contributed by atoms with Gasteiger partial charge >= 0.3 is 0 Å². The van der Waals surface area contributed by atoms with E-state index in [0.717, 1.165) is 27.5 Å². The molecule has 0 aliphatic carbocycles. The lowest BCUT2D eigenvalue weighted by molar-refractivity contribution is -0.134. The molecule has 0 aliphatic heterocycles. The Morgan fingerprint density at radius 1 is 0.963 bits per heavy atom. The maximum absolute atomic E-state index is 12.6. The number of furan rings is 1. The van der Waals surface area contributed by atoms with Gasteiger partial charge in [0.25, 0.3) is 5.91 Å². The molecule has 0 spiro atoms. The van der Waals surface area contributed by atoms with Gasteiger partial charge in [-0.3, -0.25) is 4.79 Å². The Hall–Kier alpha value is -3.27. The summed E-state index contributed by atoms with van der Waals surface area (Å²) in [5.74, 6) is 1.35. The van der Waals surface area contributed by atoms with Crippen LogP contribution in [0.25, 0.3) is 21.7 Å². The molecule has 0 radical (unpaired) electrons. The molecule has 4 heteroatoms. The molecule has 136 valence electrons. The summed E-state index contributed by atoms with van der Waals surface area (Å²) in [5, 5.41) is 3.27. The summed E-state index contributed by atoms with van der Waals surface area (Å²) in [6.07, 6.45) is 0. The largest absolute Gasteiger partial charge is 0.484 e. The first kappa shape index (κ1) is 17.2. The van der Waals surface area contributed by atoms with Crippen molar-refractivity contribution >= 4 is 27.6 Å². The number of carbonyl (C=O) groups is 1. The van der Waals surface area contributed by atoms with Gasteiger partial charge in [0.05, 0.1) is 6.04 Å². The average molecular weight is 359 g/mol. The molecule has 4 rings (SSSR count). The van der Waals surface area contributed by atoms with Crippen LogP contribution in [0.2, 0.25) is 0 Å². The second kappa shape index (κ2) is 7.16. The molecule has 1 heterocycles. The van der Waals surface area contributed by atoms with Crippen LogP contribution in [0.4, 0.5) is 0 Å². The van der Waals surface area contributed by atoms with Crippen molar-refractivity contribution in [2.24, 2.45) is 0 Å². The molecular weight excluding hydrogens is 338 g/mol. The summed E-state index contributed by atoms with van der Waals surface area (Å²) in [4.78, 5) is 14.2. The van der Waals surface area contributed by atoms with Gasteiger partial charge in [0, 0.05) is 12.4 Å². The number of carbonyl (C=O) groups excluding carboxylic acids is 1. The molecule has 1 unspecified atom stereocenters. The Balaban J connectivity index is 1.43. The zero-order valence-corrected chi connectivity index (χ0v) is 15.4. The number of rotatable bonds is 5. The summed E-state index contributed by atoms with van der Waals surface area (Å²) < 4.78 is 11.6. The number of ether oxygens (including phenoxy) is 1. The minimum absolute atomic E-state index is 0.0145. The minimum Gasteiger partial charge on any atom is -0.484 e. The number of nitrogens with zero attached hydrogens (tertiary/aromatic N) is 1. The van der Waals surface area contributed by atoms with Crippen LogP contribution in [0, 0.1) is 0 Å². The third-order valence-corrected chi connectivity index (χ3v) is 4.91. The first-order valence-corrected chi connectivity index (χ1v) is 8.97. The van der Waals surface area contributed by atoms with Gasteiger partial charge in [0.1, 0.15) is 17.1 Å². The van der Waals surface area contributed by atoms with Gasteiger partial charge in [-0.2, -0.15) is 0 Å². The van der Waals surface area contributed by atoms with Crippen molar-refractivity contribution in [3.8, 4) is 5.75 Å². The lowest BCUT2D eigenvalue weighted by Crippen LogP contribution is -2.33. The first-order chi connectivity index (χ1) is 13.1. The molecule has 1 amide bonds. The van der Waals surface area contributed by atoms with Gasteiger partial charge < -0.3 is 14.1 Å². The fraction of sp³-hybridized carbons (Fsp3) is 0.174. The monoisotopic (exact) mass is 359 g/mol. The van der Waals surface area contributed by atoms with E-state index >= 15 is 0 Å². The maximum atomic E-state index is 12.6. The zero-order chi connectivity index (χ0) is 18.8. The topological polar surface area (TPSA) is 42.7 Å². The quantitative estimate of drug-likeness (QED) is 0.493. The molecule has 0 bridgehead atoms. The van der Waals surface area contributed by atoms with E-state index in [0.29, 0.717) is 5.75 Å². The van der Waals surface area contributed by atoms with E-state index < -0.39 is 0 Å². The molecule has 3 aromatic carbocycles.